The maximum atomic E-state index is 10.00. The Labute approximate surface area is 150 Å². The first-order valence-electron chi connectivity index (χ1n) is 6.87. The molecule has 0 aliphatic carbocycles. The molecule has 8 heteroatoms. The minimum atomic E-state index is 0.464. The van der Waals surface area contributed by atoms with E-state index in [0.717, 1.165) is 12.2 Å². The van der Waals surface area contributed by atoms with E-state index in [0.29, 0.717) is 16.9 Å². The first kappa shape index (κ1) is 24.2. The smallest absolute Gasteiger partial charge is 0.222 e. The molecular weight excluding hydrogens is 336 g/mol. The van der Waals surface area contributed by atoms with Gasteiger partial charge in [-0.05, 0) is 26.0 Å². The van der Waals surface area contributed by atoms with Crippen LogP contribution in [-0.2, 0) is 19.2 Å². The Morgan fingerprint density at radius 1 is 0.692 bits per heavy atom. The molecule has 2 rings (SSSR count). The Bertz CT molecular complexity index is 777. The number of aliphatic imine (C=N–C) groups is 2. The Balaban J connectivity index is 0. The normalized spacial score (nSPS) is 7.15. The van der Waals surface area contributed by atoms with Gasteiger partial charge in [0.15, 0.2) is 0 Å². The van der Waals surface area contributed by atoms with Crippen molar-refractivity contribution in [3.05, 3.63) is 59.7 Å². The molecule has 0 amide bonds. The van der Waals surface area contributed by atoms with E-state index in [1.807, 2.05) is 18.2 Å². The van der Waals surface area contributed by atoms with Gasteiger partial charge in [0.25, 0.3) is 0 Å². The summed E-state index contributed by atoms with van der Waals surface area (Å²) in [7, 11) is 0. The van der Waals surface area contributed by atoms with Crippen LogP contribution in [-0.4, -0.2) is 24.3 Å². The average Bonchev–Trinajstić information content (AvgIpc) is 2.61. The average molecular weight is 352 g/mol. The lowest BCUT2D eigenvalue weighted by molar-refractivity contribution is 0.562. The van der Waals surface area contributed by atoms with E-state index in [2.05, 4.69) is 29.0 Å². The monoisotopic (exact) mass is 352 g/mol. The number of carbonyl (C=O) groups excluding carboxylic acids is 4. The van der Waals surface area contributed by atoms with Gasteiger partial charge in [-0.15, -0.1) is 0 Å². The predicted molar refractivity (Wildman–Crippen MR) is 94.7 cm³/mol. The highest BCUT2D eigenvalue weighted by Gasteiger charge is 2.00. The molecule has 132 valence electrons. The van der Waals surface area contributed by atoms with Gasteiger partial charge in [-0.3, -0.25) is 0 Å². The van der Waals surface area contributed by atoms with Crippen molar-refractivity contribution in [3.8, 4) is 0 Å². The lowest BCUT2D eigenvalue weighted by Gasteiger charge is -1.99. The van der Waals surface area contributed by atoms with Crippen molar-refractivity contribution in [2.24, 2.45) is 9.98 Å². The molecule has 26 heavy (non-hydrogen) atoms. The van der Waals surface area contributed by atoms with Gasteiger partial charge in [0, 0.05) is 5.56 Å². The number of isocyanates is 4. The minimum Gasteiger partial charge on any atom is -0.222 e. The van der Waals surface area contributed by atoms with Crippen molar-refractivity contribution in [1.29, 1.82) is 10.8 Å². The SMILES string of the molecule is Cc1c(N=C=O)cccc1N=C=O.Cc1ccccc1.N=C=O.N=C=O. The summed E-state index contributed by atoms with van der Waals surface area (Å²) in [6, 6.07) is 15.2. The zero-order chi connectivity index (χ0) is 20.2. The summed E-state index contributed by atoms with van der Waals surface area (Å²) in [6.45, 7) is 3.80. The fourth-order valence-electron chi connectivity index (χ4n) is 1.49. The number of rotatable bonds is 2. The molecule has 0 radical (unpaired) electrons. The van der Waals surface area contributed by atoms with Crippen molar-refractivity contribution >= 4 is 35.7 Å². The molecule has 2 N–H and O–H groups in total. The van der Waals surface area contributed by atoms with Gasteiger partial charge >= 0.3 is 0 Å². The fourth-order valence-corrected chi connectivity index (χ4v) is 1.49. The van der Waals surface area contributed by atoms with E-state index in [1.54, 1.807) is 25.1 Å². The van der Waals surface area contributed by atoms with Crippen LogP contribution in [0.15, 0.2) is 58.5 Å². The molecule has 0 fully saturated rings. The highest BCUT2D eigenvalue weighted by molar-refractivity contribution is 5.64. The first-order chi connectivity index (χ1) is 12.5. The molecule has 8 nitrogen and oxygen atoms in total. The second-order valence-corrected chi connectivity index (χ2v) is 4.19. The quantitative estimate of drug-likeness (QED) is 0.627. The summed E-state index contributed by atoms with van der Waals surface area (Å²) in [5, 5.41) is 10.8. The molecule has 0 atom stereocenters. The lowest BCUT2D eigenvalue weighted by Crippen LogP contribution is -1.75. The summed E-state index contributed by atoms with van der Waals surface area (Å²) in [5.74, 6) is 0. The topological polar surface area (TPSA) is 141 Å². The Hall–Kier alpha value is -4.04. The van der Waals surface area contributed by atoms with Crippen molar-refractivity contribution in [1.82, 2.24) is 0 Å². The Kier molecular flexibility index (Phi) is 16.1. The number of nitrogens with one attached hydrogen (secondary N) is 2. The second kappa shape index (κ2) is 17.3. The van der Waals surface area contributed by atoms with Crippen molar-refractivity contribution in [2.45, 2.75) is 13.8 Å². The van der Waals surface area contributed by atoms with Crippen LogP contribution in [0.25, 0.3) is 0 Å². The van der Waals surface area contributed by atoms with E-state index in [4.69, 9.17) is 20.4 Å². The summed E-state index contributed by atoms with van der Waals surface area (Å²) in [4.78, 5) is 43.6. The van der Waals surface area contributed by atoms with Crippen LogP contribution in [0.3, 0.4) is 0 Å². The van der Waals surface area contributed by atoms with Crippen molar-refractivity contribution < 1.29 is 19.2 Å². The molecule has 0 aliphatic rings. The standard InChI is InChI=1S/C9H6N2O2.C7H8.2CHNO/c1-7-8(10-5-12)3-2-4-9(7)11-6-13;1-7-5-3-2-4-6-7;2*2-1-3/h2-4H,1H3;2-6H,1H3;2*2H. The maximum Gasteiger partial charge on any atom is 0.240 e. The molecule has 0 saturated carbocycles. The van der Waals surface area contributed by atoms with Crippen LogP contribution in [0.1, 0.15) is 11.1 Å². The zero-order valence-corrected chi connectivity index (χ0v) is 14.1. The van der Waals surface area contributed by atoms with Gasteiger partial charge in [-0.1, -0.05) is 42.0 Å². The highest BCUT2D eigenvalue weighted by Crippen LogP contribution is 2.26. The van der Waals surface area contributed by atoms with Crippen LogP contribution >= 0.6 is 0 Å². The van der Waals surface area contributed by atoms with Gasteiger partial charge in [-0.25, -0.2) is 30.0 Å². The third-order valence-electron chi connectivity index (χ3n) is 2.55. The number of nitrogens with zero attached hydrogens (tertiary/aromatic N) is 2. The summed E-state index contributed by atoms with van der Waals surface area (Å²) in [5.41, 5.74) is 2.91. The fraction of sp³-hybridized carbons (Fsp3) is 0.111. The van der Waals surface area contributed by atoms with E-state index >= 15 is 0 Å². The van der Waals surface area contributed by atoms with E-state index < -0.39 is 0 Å². The third-order valence-corrected chi connectivity index (χ3v) is 2.55. The van der Waals surface area contributed by atoms with Crippen LogP contribution in [0, 0.1) is 24.7 Å². The van der Waals surface area contributed by atoms with Crippen LogP contribution < -0.4 is 0 Å². The Morgan fingerprint density at radius 3 is 1.35 bits per heavy atom. The maximum absolute atomic E-state index is 10.00. The number of aryl methyl sites for hydroxylation is 1. The van der Waals surface area contributed by atoms with E-state index in [9.17, 15) is 9.59 Å². The predicted octanol–water partition coefficient (Wildman–Crippen LogP) is 3.73. The van der Waals surface area contributed by atoms with Crippen LogP contribution in [0.4, 0.5) is 11.4 Å². The molecule has 0 unspecified atom stereocenters. The number of hydrogen-bond acceptors (Lipinski definition) is 8. The molecule has 2 aromatic carbocycles. The van der Waals surface area contributed by atoms with Gasteiger partial charge in [0.05, 0.1) is 11.4 Å². The second-order valence-electron chi connectivity index (χ2n) is 4.19. The van der Waals surface area contributed by atoms with Gasteiger partial charge < -0.3 is 0 Å². The Morgan fingerprint density at radius 2 is 1.08 bits per heavy atom. The van der Waals surface area contributed by atoms with Crippen LogP contribution in [0.2, 0.25) is 0 Å². The first-order valence-corrected chi connectivity index (χ1v) is 6.87. The van der Waals surface area contributed by atoms with Crippen LogP contribution in [0.5, 0.6) is 0 Å². The summed E-state index contributed by atoms with van der Waals surface area (Å²) in [6.07, 6.45) is 4.36. The molecule has 0 spiro atoms. The highest BCUT2D eigenvalue weighted by atomic mass is 16.1. The zero-order valence-electron chi connectivity index (χ0n) is 14.1. The molecular formula is C18H16N4O4. The molecule has 0 heterocycles. The van der Waals surface area contributed by atoms with Crippen molar-refractivity contribution in [3.63, 3.8) is 0 Å². The molecule has 0 saturated heterocycles. The molecule has 0 aliphatic heterocycles. The lowest BCUT2D eigenvalue weighted by atomic mass is 10.1. The van der Waals surface area contributed by atoms with E-state index in [-0.39, 0.29) is 0 Å². The van der Waals surface area contributed by atoms with Gasteiger partial charge in [-0.2, -0.15) is 9.98 Å². The largest absolute Gasteiger partial charge is 0.240 e. The molecule has 2 aromatic rings. The summed E-state index contributed by atoms with van der Waals surface area (Å²) < 4.78 is 0. The number of hydrogen-bond donors (Lipinski definition) is 2. The molecule has 0 bridgehead atoms. The molecule has 0 aromatic heterocycles. The number of benzene rings is 2. The van der Waals surface area contributed by atoms with Gasteiger partial charge in [0.1, 0.15) is 0 Å². The summed E-state index contributed by atoms with van der Waals surface area (Å²) >= 11 is 0. The minimum absolute atomic E-state index is 0.464. The van der Waals surface area contributed by atoms with Crippen molar-refractivity contribution in [2.75, 3.05) is 0 Å². The van der Waals surface area contributed by atoms with Gasteiger partial charge in [0.2, 0.25) is 24.3 Å². The third kappa shape index (κ3) is 12.5. The van der Waals surface area contributed by atoms with E-state index in [1.165, 1.54) is 17.7 Å².